The lowest BCUT2D eigenvalue weighted by Gasteiger charge is -2.28. The molecule has 162 valence electrons. The first kappa shape index (κ1) is 20.4. The van der Waals surface area contributed by atoms with Crippen LogP contribution >= 0.6 is 11.8 Å². The van der Waals surface area contributed by atoms with E-state index in [4.69, 9.17) is 4.42 Å². The monoisotopic (exact) mass is 436 g/mol. The van der Waals surface area contributed by atoms with Gasteiger partial charge in [0.15, 0.2) is 11.0 Å². The number of aromatic nitrogens is 3. The minimum Gasteiger partial charge on any atom is -0.469 e. The smallest absolute Gasteiger partial charge is 0.230 e. The first-order valence-electron chi connectivity index (χ1n) is 11.1. The van der Waals surface area contributed by atoms with Crippen molar-refractivity contribution < 1.29 is 9.21 Å². The van der Waals surface area contributed by atoms with E-state index in [-0.39, 0.29) is 11.9 Å². The van der Waals surface area contributed by atoms with Gasteiger partial charge < -0.3 is 9.73 Å². The number of carbonyl (C=O) groups is 1. The Hall–Kier alpha value is -2.54. The minimum absolute atomic E-state index is 0.0592. The third-order valence-electron chi connectivity index (χ3n) is 6.90. The Balaban J connectivity index is 1.31. The van der Waals surface area contributed by atoms with Crippen molar-refractivity contribution in [3.8, 4) is 17.1 Å². The summed E-state index contributed by atoms with van der Waals surface area (Å²) in [6.07, 6.45) is 7.00. The number of nitrogens with one attached hydrogen (secondary N) is 1. The van der Waals surface area contributed by atoms with Crippen LogP contribution in [0.3, 0.4) is 0 Å². The summed E-state index contributed by atoms with van der Waals surface area (Å²) < 4.78 is 7.47. The van der Waals surface area contributed by atoms with Crippen molar-refractivity contribution in [2.45, 2.75) is 50.7 Å². The molecule has 1 aromatic carbocycles. The van der Waals surface area contributed by atoms with E-state index < -0.39 is 0 Å². The number of amides is 1. The number of thioether (sulfide) groups is 1. The van der Waals surface area contributed by atoms with Crippen molar-refractivity contribution in [2.75, 3.05) is 5.75 Å². The van der Waals surface area contributed by atoms with Crippen LogP contribution in [0.2, 0.25) is 0 Å². The van der Waals surface area contributed by atoms with Crippen molar-refractivity contribution in [3.05, 3.63) is 48.4 Å². The molecular weight excluding hydrogens is 408 g/mol. The maximum atomic E-state index is 12.7. The third kappa shape index (κ3) is 4.03. The molecule has 3 aromatic rings. The quantitative estimate of drug-likeness (QED) is 0.535. The molecule has 2 aromatic heterocycles. The zero-order valence-electron chi connectivity index (χ0n) is 18.0. The second-order valence-corrected chi connectivity index (χ2v) is 9.79. The molecule has 1 amide bonds. The molecule has 2 aliphatic carbocycles. The molecule has 2 saturated carbocycles. The minimum atomic E-state index is 0.0592. The van der Waals surface area contributed by atoms with Gasteiger partial charge in [0.1, 0.15) is 5.76 Å². The Morgan fingerprint density at radius 1 is 1.23 bits per heavy atom. The van der Waals surface area contributed by atoms with Gasteiger partial charge in [-0.25, -0.2) is 0 Å². The summed E-state index contributed by atoms with van der Waals surface area (Å²) in [5, 5.41) is 12.8. The van der Waals surface area contributed by atoms with Crippen LogP contribution in [-0.4, -0.2) is 32.5 Å². The van der Waals surface area contributed by atoms with Gasteiger partial charge >= 0.3 is 0 Å². The number of furan rings is 1. The molecule has 4 atom stereocenters. The van der Waals surface area contributed by atoms with Crippen LogP contribution in [-0.2, 0) is 4.79 Å². The Labute approximate surface area is 186 Å². The topological polar surface area (TPSA) is 72.9 Å². The predicted molar refractivity (Wildman–Crippen MR) is 121 cm³/mol. The Morgan fingerprint density at radius 2 is 2.06 bits per heavy atom. The lowest BCUT2D eigenvalue weighted by atomic mass is 9.84. The molecule has 31 heavy (non-hydrogen) atoms. The van der Waals surface area contributed by atoms with Gasteiger partial charge in [-0.1, -0.05) is 36.4 Å². The zero-order chi connectivity index (χ0) is 21.4. The van der Waals surface area contributed by atoms with Crippen LogP contribution < -0.4 is 5.32 Å². The van der Waals surface area contributed by atoms with E-state index in [1.54, 1.807) is 6.26 Å². The van der Waals surface area contributed by atoms with Crippen molar-refractivity contribution >= 4 is 17.7 Å². The fourth-order valence-electron chi connectivity index (χ4n) is 5.40. The molecule has 5 rings (SSSR count). The van der Waals surface area contributed by atoms with Crippen LogP contribution in [0.25, 0.3) is 17.1 Å². The van der Waals surface area contributed by atoms with E-state index in [1.807, 2.05) is 47.9 Å². The standard InChI is InChI=1S/C24H28N4O2S/c1-15(21-13-17-8-9-18(21)12-17)25-22(29)14-31-24-27-26-23(20-10-11-30-16(20)2)28(24)19-6-4-3-5-7-19/h3-7,10-11,15,17-18,21H,8-9,12-14H2,1-2H3,(H,25,29). The summed E-state index contributed by atoms with van der Waals surface area (Å²) in [7, 11) is 0. The molecule has 0 spiro atoms. The number of hydrogen-bond donors (Lipinski definition) is 1. The first-order chi connectivity index (χ1) is 15.1. The van der Waals surface area contributed by atoms with Gasteiger partial charge in [0.2, 0.25) is 5.91 Å². The number of hydrogen-bond acceptors (Lipinski definition) is 5. The Bertz CT molecular complexity index is 1060. The average Bonchev–Trinajstić information content (AvgIpc) is 3.56. The highest BCUT2D eigenvalue weighted by Gasteiger charge is 2.42. The molecule has 2 aliphatic rings. The highest BCUT2D eigenvalue weighted by Crippen LogP contribution is 2.49. The molecule has 1 N–H and O–H groups in total. The van der Waals surface area contributed by atoms with Gasteiger partial charge in [0.05, 0.1) is 17.6 Å². The fraction of sp³-hybridized carbons (Fsp3) is 0.458. The number of benzene rings is 1. The van der Waals surface area contributed by atoms with E-state index in [0.29, 0.717) is 16.8 Å². The van der Waals surface area contributed by atoms with Crippen molar-refractivity contribution in [1.29, 1.82) is 0 Å². The van der Waals surface area contributed by atoms with Crippen molar-refractivity contribution in [3.63, 3.8) is 0 Å². The second kappa shape index (κ2) is 8.54. The zero-order valence-corrected chi connectivity index (χ0v) is 18.8. The van der Waals surface area contributed by atoms with Gasteiger partial charge in [-0.05, 0) is 69.1 Å². The number of fused-ring (bicyclic) bond motifs is 2. The molecule has 7 heteroatoms. The summed E-state index contributed by atoms with van der Waals surface area (Å²) in [4.78, 5) is 12.7. The average molecular weight is 437 g/mol. The van der Waals surface area contributed by atoms with Gasteiger partial charge in [0.25, 0.3) is 0 Å². The molecular formula is C24H28N4O2S. The van der Waals surface area contributed by atoms with Crippen molar-refractivity contribution in [1.82, 2.24) is 20.1 Å². The highest BCUT2D eigenvalue weighted by molar-refractivity contribution is 7.99. The normalized spacial score (nSPS) is 23.2. The number of carbonyl (C=O) groups excluding carboxylic acids is 1. The lowest BCUT2D eigenvalue weighted by Crippen LogP contribution is -2.40. The summed E-state index contributed by atoms with van der Waals surface area (Å²) in [5.74, 6) is 4.21. The molecule has 0 saturated heterocycles. The summed E-state index contributed by atoms with van der Waals surface area (Å²) >= 11 is 1.42. The second-order valence-electron chi connectivity index (χ2n) is 8.85. The molecule has 0 radical (unpaired) electrons. The largest absolute Gasteiger partial charge is 0.469 e. The van der Waals surface area contributed by atoms with Gasteiger partial charge in [0, 0.05) is 11.7 Å². The van der Waals surface area contributed by atoms with Gasteiger partial charge in [-0.2, -0.15) is 0 Å². The van der Waals surface area contributed by atoms with Crippen LogP contribution in [0.15, 0.2) is 52.2 Å². The van der Waals surface area contributed by atoms with Crippen LogP contribution in [0.5, 0.6) is 0 Å². The number of aryl methyl sites for hydroxylation is 1. The summed E-state index contributed by atoms with van der Waals surface area (Å²) in [5.41, 5.74) is 1.86. The maximum absolute atomic E-state index is 12.7. The molecule has 0 aliphatic heterocycles. The van der Waals surface area contributed by atoms with E-state index in [1.165, 1.54) is 37.4 Å². The maximum Gasteiger partial charge on any atom is 0.230 e. The molecule has 2 fully saturated rings. The van der Waals surface area contributed by atoms with E-state index in [9.17, 15) is 4.79 Å². The Kier molecular flexibility index (Phi) is 5.61. The first-order valence-corrected chi connectivity index (χ1v) is 12.1. The van der Waals surface area contributed by atoms with Crippen LogP contribution in [0.4, 0.5) is 0 Å². The molecule has 2 bridgehead atoms. The third-order valence-corrected chi connectivity index (χ3v) is 7.83. The molecule has 4 unspecified atom stereocenters. The van der Waals surface area contributed by atoms with Crippen LogP contribution in [0, 0.1) is 24.7 Å². The summed E-state index contributed by atoms with van der Waals surface area (Å²) in [6, 6.07) is 12.1. The molecule has 2 heterocycles. The molecule has 6 nitrogen and oxygen atoms in total. The number of para-hydroxylation sites is 1. The van der Waals surface area contributed by atoms with Gasteiger partial charge in [-0.3, -0.25) is 9.36 Å². The lowest BCUT2D eigenvalue weighted by molar-refractivity contribution is -0.119. The predicted octanol–water partition coefficient (Wildman–Crippen LogP) is 4.87. The van der Waals surface area contributed by atoms with E-state index in [2.05, 4.69) is 22.4 Å². The number of nitrogens with zero attached hydrogens (tertiary/aromatic N) is 3. The summed E-state index contributed by atoms with van der Waals surface area (Å²) in [6.45, 7) is 4.08. The fourth-order valence-corrected chi connectivity index (χ4v) is 6.17. The number of rotatable bonds is 7. The Morgan fingerprint density at radius 3 is 2.74 bits per heavy atom. The van der Waals surface area contributed by atoms with Crippen LogP contribution in [0.1, 0.15) is 38.4 Å². The SMILES string of the molecule is Cc1occc1-c1nnc(SCC(=O)NC(C)C2CC3CCC2C3)n1-c1ccccc1. The van der Waals surface area contributed by atoms with E-state index in [0.717, 1.165) is 34.7 Å². The highest BCUT2D eigenvalue weighted by atomic mass is 32.2. The van der Waals surface area contributed by atoms with E-state index >= 15 is 0 Å². The van der Waals surface area contributed by atoms with Gasteiger partial charge in [-0.15, -0.1) is 10.2 Å². The van der Waals surface area contributed by atoms with Crippen molar-refractivity contribution in [2.24, 2.45) is 17.8 Å².